The van der Waals surface area contributed by atoms with E-state index in [1.165, 1.54) is 24.3 Å². The lowest BCUT2D eigenvalue weighted by molar-refractivity contribution is 0.0696. The fourth-order valence-electron chi connectivity index (χ4n) is 2.73. The highest BCUT2D eigenvalue weighted by atomic mass is 19.1. The van der Waals surface area contributed by atoms with E-state index >= 15 is 0 Å². The second-order valence-corrected chi connectivity index (χ2v) is 5.29. The Morgan fingerprint density at radius 3 is 2.45 bits per heavy atom. The first-order valence-corrected chi connectivity index (χ1v) is 6.97. The molecule has 22 heavy (non-hydrogen) atoms. The average Bonchev–Trinajstić information content (AvgIpc) is 2.90. The Balaban J connectivity index is 1.81. The number of carbonyl (C=O) groups is 2. The molecule has 0 fully saturated rings. The van der Waals surface area contributed by atoms with E-state index in [1.54, 1.807) is 18.2 Å². The number of amides is 1. The summed E-state index contributed by atoms with van der Waals surface area (Å²) >= 11 is 0. The number of nitrogens with one attached hydrogen (secondary N) is 1. The van der Waals surface area contributed by atoms with Gasteiger partial charge in [-0.2, -0.15) is 0 Å². The lowest BCUT2D eigenvalue weighted by Crippen LogP contribution is -2.27. The highest BCUT2D eigenvalue weighted by molar-refractivity contribution is 5.94. The zero-order valence-electron chi connectivity index (χ0n) is 11.7. The molecular formula is C17H14FNO3. The minimum absolute atomic E-state index is 0.210. The van der Waals surface area contributed by atoms with Gasteiger partial charge in [-0.3, -0.25) is 4.79 Å². The SMILES string of the molecule is O=C(O)c1ccc2c(c1)[C@H](NC(=O)c1ccc(F)cc1)CC2. The van der Waals surface area contributed by atoms with Crippen LogP contribution in [0.3, 0.4) is 0 Å². The van der Waals surface area contributed by atoms with Gasteiger partial charge >= 0.3 is 5.97 Å². The number of carbonyl (C=O) groups excluding carboxylic acids is 1. The minimum Gasteiger partial charge on any atom is -0.478 e. The molecule has 2 aromatic carbocycles. The van der Waals surface area contributed by atoms with Crippen LogP contribution in [0.15, 0.2) is 42.5 Å². The molecule has 0 spiro atoms. The number of fused-ring (bicyclic) bond motifs is 1. The Hall–Kier alpha value is -2.69. The molecule has 1 atom stereocenters. The predicted molar refractivity (Wildman–Crippen MR) is 78.3 cm³/mol. The van der Waals surface area contributed by atoms with Crippen LogP contribution < -0.4 is 5.32 Å². The van der Waals surface area contributed by atoms with Gasteiger partial charge in [-0.1, -0.05) is 6.07 Å². The summed E-state index contributed by atoms with van der Waals surface area (Å²) in [7, 11) is 0. The third-order valence-electron chi connectivity index (χ3n) is 3.88. The molecule has 2 N–H and O–H groups in total. The Labute approximate surface area is 126 Å². The summed E-state index contributed by atoms with van der Waals surface area (Å²) in [5, 5.41) is 11.9. The van der Waals surface area contributed by atoms with E-state index in [9.17, 15) is 14.0 Å². The summed E-state index contributed by atoms with van der Waals surface area (Å²) < 4.78 is 12.9. The average molecular weight is 299 g/mol. The van der Waals surface area contributed by atoms with Crippen molar-refractivity contribution in [2.24, 2.45) is 0 Å². The van der Waals surface area contributed by atoms with E-state index in [-0.39, 0.29) is 17.5 Å². The smallest absolute Gasteiger partial charge is 0.335 e. The minimum atomic E-state index is -0.988. The molecule has 0 aliphatic heterocycles. The number of carboxylic acids is 1. The zero-order valence-corrected chi connectivity index (χ0v) is 11.7. The van der Waals surface area contributed by atoms with E-state index in [0.717, 1.165) is 24.0 Å². The molecule has 0 heterocycles. The predicted octanol–water partition coefficient (Wildman–Crippen LogP) is 2.94. The number of halogens is 1. The van der Waals surface area contributed by atoms with E-state index in [0.29, 0.717) is 5.56 Å². The lowest BCUT2D eigenvalue weighted by atomic mass is 10.0. The van der Waals surface area contributed by atoms with Crippen LogP contribution in [0.5, 0.6) is 0 Å². The standard InChI is InChI=1S/C17H14FNO3/c18-13-6-3-11(4-7-13)16(20)19-15-8-5-10-1-2-12(17(21)22)9-14(10)15/h1-4,6-7,9,15H,5,8H2,(H,19,20)(H,21,22)/t15-/m1/s1. The summed E-state index contributed by atoms with van der Waals surface area (Å²) in [6.45, 7) is 0. The van der Waals surface area contributed by atoms with Gasteiger partial charge in [0.15, 0.2) is 0 Å². The molecule has 1 aliphatic carbocycles. The number of aryl methyl sites for hydroxylation is 1. The highest BCUT2D eigenvalue weighted by Crippen LogP contribution is 2.32. The van der Waals surface area contributed by atoms with Crippen molar-refractivity contribution in [1.29, 1.82) is 0 Å². The molecule has 0 radical (unpaired) electrons. The van der Waals surface area contributed by atoms with Gasteiger partial charge in [0.25, 0.3) is 5.91 Å². The molecule has 0 bridgehead atoms. The first kappa shape index (κ1) is 14.3. The maximum Gasteiger partial charge on any atom is 0.335 e. The van der Waals surface area contributed by atoms with Crippen molar-refractivity contribution >= 4 is 11.9 Å². The number of carboxylic acid groups (broad SMARTS) is 1. The van der Waals surface area contributed by atoms with Crippen LogP contribution >= 0.6 is 0 Å². The highest BCUT2D eigenvalue weighted by Gasteiger charge is 2.25. The van der Waals surface area contributed by atoms with Crippen LogP contribution in [0.25, 0.3) is 0 Å². The third kappa shape index (κ3) is 2.70. The molecule has 3 rings (SSSR count). The Bertz CT molecular complexity index is 740. The number of hydrogen-bond donors (Lipinski definition) is 2. The molecular weight excluding hydrogens is 285 g/mol. The van der Waals surface area contributed by atoms with E-state index in [1.807, 2.05) is 0 Å². The molecule has 0 unspecified atom stereocenters. The first-order valence-electron chi connectivity index (χ1n) is 6.97. The van der Waals surface area contributed by atoms with Crippen LogP contribution in [0.2, 0.25) is 0 Å². The molecule has 112 valence electrons. The van der Waals surface area contributed by atoms with E-state index in [2.05, 4.69) is 5.32 Å². The second kappa shape index (κ2) is 5.60. The van der Waals surface area contributed by atoms with E-state index < -0.39 is 11.8 Å². The van der Waals surface area contributed by atoms with E-state index in [4.69, 9.17) is 5.11 Å². The second-order valence-electron chi connectivity index (χ2n) is 5.29. The van der Waals surface area contributed by atoms with Crippen molar-refractivity contribution < 1.29 is 19.1 Å². The third-order valence-corrected chi connectivity index (χ3v) is 3.88. The fraction of sp³-hybridized carbons (Fsp3) is 0.176. The van der Waals surface area contributed by atoms with Crippen LogP contribution in [-0.2, 0) is 6.42 Å². The van der Waals surface area contributed by atoms with Crippen molar-refractivity contribution in [2.75, 3.05) is 0 Å². The Kier molecular flexibility index (Phi) is 3.63. The van der Waals surface area contributed by atoms with Gasteiger partial charge in [-0.05, 0) is 60.4 Å². The maximum atomic E-state index is 12.9. The van der Waals surface area contributed by atoms with Gasteiger partial charge in [0.2, 0.25) is 0 Å². The Morgan fingerprint density at radius 2 is 1.77 bits per heavy atom. The number of aromatic carboxylic acids is 1. The van der Waals surface area contributed by atoms with Gasteiger partial charge in [-0.25, -0.2) is 9.18 Å². The van der Waals surface area contributed by atoms with Crippen molar-refractivity contribution in [3.63, 3.8) is 0 Å². The molecule has 2 aromatic rings. The zero-order chi connectivity index (χ0) is 15.7. The van der Waals surface area contributed by atoms with Crippen molar-refractivity contribution in [1.82, 2.24) is 5.32 Å². The summed E-state index contributed by atoms with van der Waals surface area (Å²) in [5.74, 6) is -1.68. The van der Waals surface area contributed by atoms with Gasteiger partial charge in [0.1, 0.15) is 5.82 Å². The van der Waals surface area contributed by atoms with Crippen LogP contribution in [0.4, 0.5) is 4.39 Å². The van der Waals surface area contributed by atoms with Gasteiger partial charge < -0.3 is 10.4 Å². The normalized spacial score (nSPS) is 16.1. The molecule has 0 saturated carbocycles. The summed E-state index contributed by atoms with van der Waals surface area (Å²) in [4.78, 5) is 23.3. The molecule has 5 heteroatoms. The van der Waals surface area contributed by atoms with Gasteiger partial charge in [-0.15, -0.1) is 0 Å². The van der Waals surface area contributed by atoms with Gasteiger partial charge in [0.05, 0.1) is 11.6 Å². The molecule has 0 saturated heterocycles. The lowest BCUT2D eigenvalue weighted by Gasteiger charge is -2.14. The Morgan fingerprint density at radius 1 is 1.09 bits per heavy atom. The molecule has 0 aromatic heterocycles. The van der Waals surface area contributed by atoms with Gasteiger partial charge in [0, 0.05) is 5.56 Å². The summed E-state index contributed by atoms with van der Waals surface area (Å²) in [6, 6.07) is 10.1. The summed E-state index contributed by atoms with van der Waals surface area (Å²) in [5.41, 5.74) is 2.48. The van der Waals surface area contributed by atoms with Crippen LogP contribution in [-0.4, -0.2) is 17.0 Å². The van der Waals surface area contributed by atoms with Crippen LogP contribution in [0.1, 0.15) is 44.3 Å². The molecule has 1 amide bonds. The number of hydrogen-bond acceptors (Lipinski definition) is 2. The van der Waals surface area contributed by atoms with Crippen molar-refractivity contribution in [3.05, 3.63) is 70.5 Å². The number of benzene rings is 2. The number of rotatable bonds is 3. The molecule has 1 aliphatic rings. The quantitative estimate of drug-likeness (QED) is 0.915. The topological polar surface area (TPSA) is 66.4 Å². The van der Waals surface area contributed by atoms with Crippen molar-refractivity contribution in [2.45, 2.75) is 18.9 Å². The first-order chi connectivity index (χ1) is 10.5. The fourth-order valence-corrected chi connectivity index (χ4v) is 2.73. The van der Waals surface area contributed by atoms with Crippen LogP contribution in [0, 0.1) is 5.82 Å². The molecule has 4 nitrogen and oxygen atoms in total. The maximum absolute atomic E-state index is 12.9. The summed E-state index contributed by atoms with van der Waals surface area (Å²) in [6.07, 6.45) is 1.52. The monoisotopic (exact) mass is 299 g/mol. The largest absolute Gasteiger partial charge is 0.478 e. The van der Waals surface area contributed by atoms with Crippen molar-refractivity contribution in [3.8, 4) is 0 Å².